The molecule has 0 aromatic carbocycles. The maximum atomic E-state index is 5.67. The van der Waals surface area contributed by atoms with Gasteiger partial charge in [0.15, 0.2) is 0 Å². The van der Waals surface area contributed by atoms with Gasteiger partial charge in [0.05, 0.1) is 0 Å². The average Bonchev–Trinajstić information content (AvgIpc) is 2.19. The van der Waals surface area contributed by atoms with Gasteiger partial charge in [0.1, 0.15) is 12.2 Å². The molecule has 2 rings (SSSR count). The Labute approximate surface area is 81.3 Å². The van der Waals surface area contributed by atoms with Gasteiger partial charge >= 0.3 is 0 Å². The molecule has 1 aromatic heterocycles. The van der Waals surface area contributed by atoms with Gasteiger partial charge in [0.25, 0.3) is 0 Å². The minimum Gasteiger partial charge on any atom is -0.381 e. The van der Waals surface area contributed by atoms with Crippen LogP contribution in [0.2, 0.25) is 5.28 Å². The highest BCUT2D eigenvalue weighted by atomic mass is 35.5. The lowest BCUT2D eigenvalue weighted by atomic mass is 10.00. The molecule has 1 aromatic rings. The predicted octanol–water partition coefficient (Wildman–Crippen LogP) is 1.42. The topological polar surface area (TPSA) is 47.9 Å². The zero-order chi connectivity index (χ0) is 9.10. The predicted molar refractivity (Wildman–Crippen MR) is 47.6 cm³/mol. The fourth-order valence-electron chi connectivity index (χ4n) is 1.44. The van der Waals surface area contributed by atoms with Crippen molar-refractivity contribution in [3.8, 4) is 0 Å². The molecule has 13 heavy (non-hydrogen) atoms. The Morgan fingerprint density at radius 1 is 1.31 bits per heavy atom. The molecule has 1 aliphatic rings. The van der Waals surface area contributed by atoms with Gasteiger partial charge < -0.3 is 4.74 Å². The molecule has 1 aliphatic heterocycles. The third-order valence-corrected chi connectivity index (χ3v) is 2.33. The van der Waals surface area contributed by atoms with Crippen LogP contribution in [0.25, 0.3) is 0 Å². The van der Waals surface area contributed by atoms with Gasteiger partial charge in [-0.2, -0.15) is 0 Å². The molecule has 0 N–H and O–H groups in total. The van der Waals surface area contributed by atoms with Crippen molar-refractivity contribution in [3.05, 3.63) is 17.4 Å². The number of aromatic nitrogens is 3. The van der Waals surface area contributed by atoms with Crippen molar-refractivity contribution < 1.29 is 4.74 Å². The molecule has 70 valence electrons. The molecular formula is C8H10ClN3O. The van der Waals surface area contributed by atoms with Crippen LogP contribution in [0.15, 0.2) is 6.33 Å². The van der Waals surface area contributed by atoms with Gasteiger partial charge in [0, 0.05) is 19.1 Å². The summed E-state index contributed by atoms with van der Waals surface area (Å²) in [5.41, 5.74) is 0. The minimum atomic E-state index is 0.275. The minimum absolute atomic E-state index is 0.275. The van der Waals surface area contributed by atoms with Gasteiger partial charge in [-0.15, -0.1) is 0 Å². The Bertz CT molecular complexity index is 288. The Morgan fingerprint density at radius 2 is 2.08 bits per heavy atom. The monoisotopic (exact) mass is 199 g/mol. The van der Waals surface area contributed by atoms with Crippen molar-refractivity contribution in [1.82, 2.24) is 15.0 Å². The van der Waals surface area contributed by atoms with Crippen molar-refractivity contribution >= 4 is 11.6 Å². The van der Waals surface area contributed by atoms with E-state index in [-0.39, 0.29) is 5.28 Å². The summed E-state index contributed by atoms with van der Waals surface area (Å²) in [7, 11) is 0. The Morgan fingerprint density at radius 3 is 2.77 bits per heavy atom. The van der Waals surface area contributed by atoms with Crippen LogP contribution in [0, 0.1) is 0 Å². The first-order valence-electron chi connectivity index (χ1n) is 4.28. The second kappa shape index (κ2) is 3.98. The van der Waals surface area contributed by atoms with Crippen LogP contribution in [0.4, 0.5) is 0 Å². The molecule has 0 atom stereocenters. The Hall–Kier alpha value is -0.740. The van der Waals surface area contributed by atoms with E-state index in [2.05, 4.69) is 15.0 Å². The maximum absolute atomic E-state index is 5.67. The zero-order valence-electron chi connectivity index (χ0n) is 7.11. The summed E-state index contributed by atoms with van der Waals surface area (Å²) in [6.45, 7) is 1.57. The van der Waals surface area contributed by atoms with Crippen LogP contribution in [0.5, 0.6) is 0 Å². The van der Waals surface area contributed by atoms with Gasteiger partial charge in [-0.05, 0) is 24.4 Å². The van der Waals surface area contributed by atoms with Crippen LogP contribution >= 0.6 is 11.6 Å². The Kier molecular flexibility index (Phi) is 2.71. The summed E-state index contributed by atoms with van der Waals surface area (Å²) in [5.74, 6) is 1.18. The highest BCUT2D eigenvalue weighted by molar-refractivity contribution is 6.28. The lowest BCUT2D eigenvalue weighted by Crippen LogP contribution is -2.16. The fraction of sp³-hybridized carbons (Fsp3) is 0.625. The quantitative estimate of drug-likeness (QED) is 0.687. The standard InChI is InChI=1S/C8H10ClN3O/c9-8-11-5-10-7(12-8)6-1-3-13-4-2-6/h5-6H,1-4H2. The molecular weight excluding hydrogens is 190 g/mol. The largest absolute Gasteiger partial charge is 0.381 e. The van der Waals surface area contributed by atoms with Gasteiger partial charge in [-0.1, -0.05) is 0 Å². The highest BCUT2D eigenvalue weighted by Crippen LogP contribution is 2.23. The van der Waals surface area contributed by atoms with E-state index in [1.165, 1.54) is 6.33 Å². The fourth-order valence-corrected chi connectivity index (χ4v) is 1.57. The summed E-state index contributed by atoms with van der Waals surface area (Å²) in [4.78, 5) is 11.9. The lowest BCUT2D eigenvalue weighted by Gasteiger charge is -2.20. The number of hydrogen-bond acceptors (Lipinski definition) is 4. The number of hydrogen-bond donors (Lipinski definition) is 0. The second-order valence-corrected chi connectivity index (χ2v) is 3.34. The van der Waals surface area contributed by atoms with Crippen molar-refractivity contribution in [1.29, 1.82) is 0 Å². The first-order valence-corrected chi connectivity index (χ1v) is 4.66. The van der Waals surface area contributed by atoms with Gasteiger partial charge in [-0.25, -0.2) is 15.0 Å². The molecule has 0 saturated carbocycles. The number of nitrogens with zero attached hydrogens (tertiary/aromatic N) is 3. The molecule has 0 unspecified atom stereocenters. The summed E-state index contributed by atoms with van der Waals surface area (Å²) >= 11 is 5.67. The van der Waals surface area contributed by atoms with E-state index in [1.54, 1.807) is 0 Å². The summed E-state index contributed by atoms with van der Waals surface area (Å²) in [6.07, 6.45) is 3.40. The Balaban J connectivity index is 2.14. The molecule has 5 heteroatoms. The highest BCUT2D eigenvalue weighted by Gasteiger charge is 2.18. The van der Waals surface area contributed by atoms with E-state index >= 15 is 0 Å². The molecule has 4 nitrogen and oxygen atoms in total. The molecule has 0 amide bonds. The van der Waals surface area contributed by atoms with Crippen LogP contribution in [0.3, 0.4) is 0 Å². The van der Waals surface area contributed by atoms with Crippen molar-refractivity contribution in [2.75, 3.05) is 13.2 Å². The van der Waals surface area contributed by atoms with Crippen LogP contribution in [0.1, 0.15) is 24.6 Å². The van der Waals surface area contributed by atoms with Crippen molar-refractivity contribution in [3.63, 3.8) is 0 Å². The second-order valence-electron chi connectivity index (χ2n) is 3.00. The van der Waals surface area contributed by atoms with Crippen molar-refractivity contribution in [2.45, 2.75) is 18.8 Å². The van der Waals surface area contributed by atoms with E-state index in [9.17, 15) is 0 Å². The third kappa shape index (κ3) is 2.14. The smallest absolute Gasteiger partial charge is 0.225 e. The number of ether oxygens (including phenoxy) is 1. The van der Waals surface area contributed by atoms with E-state index in [0.717, 1.165) is 31.9 Å². The first-order chi connectivity index (χ1) is 6.36. The summed E-state index contributed by atoms with van der Waals surface area (Å²) in [5, 5.41) is 0.275. The maximum Gasteiger partial charge on any atom is 0.225 e. The molecule has 0 aliphatic carbocycles. The van der Waals surface area contributed by atoms with Gasteiger partial charge in [-0.3, -0.25) is 0 Å². The molecule has 1 fully saturated rings. The van der Waals surface area contributed by atoms with Gasteiger partial charge in [0.2, 0.25) is 5.28 Å². The molecule has 0 bridgehead atoms. The third-order valence-electron chi connectivity index (χ3n) is 2.15. The number of halogens is 1. The SMILES string of the molecule is Clc1ncnc(C2CCOCC2)n1. The van der Waals surface area contributed by atoms with Crippen molar-refractivity contribution in [2.24, 2.45) is 0 Å². The summed E-state index contributed by atoms with van der Waals surface area (Å²) < 4.78 is 5.25. The first kappa shape index (κ1) is 8.84. The lowest BCUT2D eigenvalue weighted by molar-refractivity contribution is 0.0835. The molecule has 0 radical (unpaired) electrons. The average molecular weight is 200 g/mol. The van der Waals surface area contributed by atoms with E-state index in [4.69, 9.17) is 16.3 Å². The normalized spacial score (nSPS) is 18.8. The molecule has 1 saturated heterocycles. The van der Waals surface area contributed by atoms with Crippen LogP contribution < -0.4 is 0 Å². The van der Waals surface area contributed by atoms with E-state index < -0.39 is 0 Å². The van der Waals surface area contributed by atoms with E-state index in [1.807, 2.05) is 0 Å². The number of rotatable bonds is 1. The summed E-state index contributed by atoms with van der Waals surface area (Å²) in [6, 6.07) is 0. The van der Waals surface area contributed by atoms with Crippen LogP contribution in [-0.4, -0.2) is 28.2 Å². The van der Waals surface area contributed by atoms with E-state index in [0.29, 0.717) is 5.92 Å². The van der Waals surface area contributed by atoms with Crippen LogP contribution in [-0.2, 0) is 4.74 Å². The molecule has 0 spiro atoms. The zero-order valence-corrected chi connectivity index (χ0v) is 7.87. The molecule has 2 heterocycles.